The molecule has 0 aliphatic carbocycles. The van der Waals surface area contributed by atoms with Crippen molar-refractivity contribution >= 4 is 35.4 Å². The largest absolute Gasteiger partial charge is 0.395 e. The molecule has 0 aliphatic rings. The Morgan fingerprint density at radius 3 is 1.15 bits per heavy atom. The number of rotatable bonds is 26. The van der Waals surface area contributed by atoms with Gasteiger partial charge in [0.15, 0.2) is 0 Å². The third kappa shape index (κ3) is 40.8. The molecule has 7 N–H and O–H groups in total. The highest BCUT2D eigenvalue weighted by molar-refractivity contribution is 5.82. The quantitative estimate of drug-likeness (QED) is 0.0274. The number of aliphatic hydroxyl groups excluding tert-OH is 1. The van der Waals surface area contributed by atoms with Crippen LogP contribution < -0.4 is 31.9 Å². The van der Waals surface area contributed by atoms with Gasteiger partial charge in [0.25, 0.3) is 0 Å². The number of benzene rings is 1. The number of nitrogens with one attached hydrogen (secondary N) is 6. The minimum absolute atomic E-state index is 0.0176. The van der Waals surface area contributed by atoms with Gasteiger partial charge in [-0.15, -0.1) is 0 Å². The summed E-state index contributed by atoms with van der Waals surface area (Å²) >= 11 is 0. The van der Waals surface area contributed by atoms with E-state index >= 15 is 0 Å². The van der Waals surface area contributed by atoms with Gasteiger partial charge in [0.2, 0.25) is 35.4 Å². The van der Waals surface area contributed by atoms with Crippen LogP contribution in [0.15, 0.2) is 128 Å². The third-order valence-electron chi connectivity index (χ3n) is 13.4. The summed E-state index contributed by atoms with van der Waals surface area (Å²) in [5.74, 6) is 2.85. The Morgan fingerprint density at radius 2 is 0.756 bits per heavy atom. The van der Waals surface area contributed by atoms with Crippen LogP contribution in [0.1, 0.15) is 164 Å². The number of amides is 6. The van der Waals surface area contributed by atoms with E-state index in [1.165, 1.54) is 5.56 Å². The molecule has 0 atom stereocenters. The first-order valence-corrected chi connectivity index (χ1v) is 30.4. The van der Waals surface area contributed by atoms with Gasteiger partial charge in [0.05, 0.1) is 18.8 Å². The van der Waals surface area contributed by atoms with Crippen molar-refractivity contribution in [3.8, 4) is 0 Å². The topological polar surface area (TPSA) is 246 Å². The average Bonchev–Trinajstić information content (AvgIpc) is 3.01. The molecule has 476 valence electrons. The Labute approximate surface area is 516 Å². The molecule has 0 radical (unpaired) electrons. The van der Waals surface area contributed by atoms with Crippen LogP contribution in [0.3, 0.4) is 0 Å². The first-order chi connectivity index (χ1) is 40.6. The smallest absolute Gasteiger partial charge is 0.226 e. The molecule has 4 aromatic heterocycles. The second kappa shape index (κ2) is 45.9. The lowest BCUT2D eigenvalue weighted by atomic mass is 9.80. The Balaban J connectivity index is 0.00000101. The summed E-state index contributed by atoms with van der Waals surface area (Å²) in [5, 5.41) is 25.4. The Hall–Kier alpha value is -7.40. The van der Waals surface area contributed by atoms with Crippen LogP contribution in [-0.4, -0.2) is 86.7 Å². The van der Waals surface area contributed by atoms with E-state index in [2.05, 4.69) is 91.7 Å². The number of carbonyl (C=O) groups excluding carboxylic acids is 6. The van der Waals surface area contributed by atoms with Crippen molar-refractivity contribution in [3.63, 3.8) is 0 Å². The van der Waals surface area contributed by atoms with E-state index in [0.717, 1.165) is 35.2 Å². The number of aliphatic hydroxyl groups is 1. The number of carbonyl (C=O) groups is 6. The molecule has 17 nitrogen and oxygen atoms in total. The fourth-order valence-electron chi connectivity index (χ4n) is 6.88. The molecule has 86 heavy (non-hydrogen) atoms. The molecule has 0 saturated carbocycles. The van der Waals surface area contributed by atoms with Crippen LogP contribution >= 0.6 is 0 Å². The Morgan fingerprint density at radius 1 is 0.395 bits per heavy atom. The first kappa shape index (κ1) is 78.6. The Kier molecular flexibility index (Phi) is 41.9. The van der Waals surface area contributed by atoms with Crippen molar-refractivity contribution in [2.24, 2.45) is 46.3 Å². The molecule has 0 spiro atoms. The zero-order valence-electron chi connectivity index (χ0n) is 55.0. The van der Waals surface area contributed by atoms with E-state index in [9.17, 15) is 28.8 Å². The lowest BCUT2D eigenvalue weighted by molar-refractivity contribution is -0.132. The van der Waals surface area contributed by atoms with Gasteiger partial charge in [-0.05, 0) is 101 Å². The van der Waals surface area contributed by atoms with Gasteiger partial charge in [-0.3, -0.25) is 48.7 Å². The summed E-state index contributed by atoms with van der Waals surface area (Å²) in [5.41, 5.74) is 4.74. The minimum Gasteiger partial charge on any atom is -0.395 e. The molecule has 0 saturated heterocycles. The molecule has 17 heteroatoms. The van der Waals surface area contributed by atoms with Gasteiger partial charge in [-0.25, -0.2) is 0 Å². The van der Waals surface area contributed by atoms with Crippen LogP contribution in [0.2, 0.25) is 0 Å². The van der Waals surface area contributed by atoms with Crippen LogP contribution in [0.4, 0.5) is 0 Å². The predicted molar refractivity (Wildman–Crippen MR) is 348 cm³/mol. The highest BCUT2D eigenvalue weighted by Gasteiger charge is 2.31. The third-order valence-corrected chi connectivity index (χ3v) is 13.4. The molecule has 0 unspecified atom stereocenters. The van der Waals surface area contributed by atoms with Crippen molar-refractivity contribution in [1.82, 2.24) is 51.8 Å². The van der Waals surface area contributed by atoms with E-state index in [-0.39, 0.29) is 52.9 Å². The lowest BCUT2D eigenvalue weighted by Crippen LogP contribution is -2.41. The molecular weight excluding hydrogens is 1080 g/mol. The van der Waals surface area contributed by atoms with Crippen molar-refractivity contribution in [3.05, 3.63) is 156 Å². The SMILES string of the molecule is CC(C)C(C)(C)C(=O)NCCc1ccccc1.CC(C)C(C)(C)C(=O)NCc1cccnc1.CC(C)CC(=O)NCCO.CC(C)CC(=O)NCCc1cccnc1.CC(C)CC(=O)NCc1ccccn1.CC(C)CC(=O)NCc1cccnc1. The second-order valence-electron chi connectivity index (χ2n) is 24.5. The summed E-state index contributed by atoms with van der Waals surface area (Å²) in [6.45, 7) is 35.8. The zero-order chi connectivity index (χ0) is 64.9. The van der Waals surface area contributed by atoms with Gasteiger partial charge in [-0.2, -0.15) is 0 Å². The van der Waals surface area contributed by atoms with Gasteiger partial charge < -0.3 is 37.0 Å². The monoisotopic (exact) mass is 1190 g/mol. The van der Waals surface area contributed by atoms with E-state index < -0.39 is 0 Å². The zero-order valence-corrected chi connectivity index (χ0v) is 55.0. The van der Waals surface area contributed by atoms with Crippen LogP contribution in [0.5, 0.6) is 0 Å². The van der Waals surface area contributed by atoms with E-state index in [4.69, 9.17) is 5.11 Å². The summed E-state index contributed by atoms with van der Waals surface area (Å²) < 4.78 is 0. The normalized spacial score (nSPS) is 10.7. The molecule has 6 amide bonds. The molecule has 1 aromatic carbocycles. The molecular formula is C69H108N10O7. The number of pyridine rings is 4. The van der Waals surface area contributed by atoms with Crippen molar-refractivity contribution in [2.75, 3.05) is 26.2 Å². The number of hydrogen-bond acceptors (Lipinski definition) is 11. The van der Waals surface area contributed by atoms with Gasteiger partial charge >= 0.3 is 0 Å². The van der Waals surface area contributed by atoms with Crippen molar-refractivity contribution < 1.29 is 33.9 Å². The summed E-state index contributed by atoms with van der Waals surface area (Å²) in [6.07, 6.45) is 16.3. The molecule has 0 aliphatic heterocycles. The lowest BCUT2D eigenvalue weighted by Gasteiger charge is -2.27. The van der Waals surface area contributed by atoms with Gasteiger partial charge in [-0.1, -0.05) is 165 Å². The number of aromatic nitrogens is 4. The summed E-state index contributed by atoms with van der Waals surface area (Å²) in [7, 11) is 0. The molecule has 0 bridgehead atoms. The van der Waals surface area contributed by atoms with Crippen molar-refractivity contribution in [2.45, 2.75) is 169 Å². The second-order valence-corrected chi connectivity index (χ2v) is 24.5. The van der Waals surface area contributed by atoms with Crippen LogP contribution in [0.25, 0.3) is 0 Å². The molecule has 0 fully saturated rings. The fourth-order valence-corrected chi connectivity index (χ4v) is 6.88. The summed E-state index contributed by atoms with van der Waals surface area (Å²) in [4.78, 5) is 84.7. The molecule has 5 rings (SSSR count). The van der Waals surface area contributed by atoms with Gasteiger partial charge in [0.1, 0.15) is 0 Å². The van der Waals surface area contributed by atoms with Crippen LogP contribution in [-0.2, 0) is 61.2 Å². The number of nitrogens with zero attached hydrogens (tertiary/aromatic N) is 4. The summed E-state index contributed by atoms with van der Waals surface area (Å²) in [6, 6.07) is 27.4. The van der Waals surface area contributed by atoms with Crippen molar-refractivity contribution in [1.29, 1.82) is 0 Å². The fraction of sp³-hybridized carbons (Fsp3) is 0.536. The molecule has 4 heterocycles. The standard InChI is InChI=1S/C15H23NO.C13H20N2O.C12H18N2O.2C11H16N2O.C7H15NO2/c1-12(2)15(3,4)14(17)16-11-10-13-8-6-5-7-9-13;1-10(2)13(3,4)12(16)15-9-11-6-5-7-14-8-11;1-10(2)8-12(15)14-7-5-11-4-3-6-13-9-11;1-9(2)6-11(14)13-8-10-4-3-5-12-7-10;1-9(2)7-11(14)13-8-10-5-3-4-6-12-10;1-6(2)5-7(10)8-3-4-9/h5-9,12H,10-11H2,1-4H3,(H,16,17);5-8,10H,9H2,1-4H3,(H,15,16);3-4,6,9-10H,5,7-8H2,1-2H3,(H,14,15);3-5,7,9H,6,8H2,1-2H3,(H,13,14);3-6,9H,7-8H2,1-2H3,(H,13,14);6,9H,3-5H2,1-2H3,(H,8,10). The van der Waals surface area contributed by atoms with Gasteiger partial charge in [0, 0.05) is 113 Å². The highest BCUT2D eigenvalue weighted by Crippen LogP contribution is 2.27. The van der Waals surface area contributed by atoms with E-state index in [1.807, 2.05) is 162 Å². The Bertz CT molecular complexity index is 2500. The van der Waals surface area contributed by atoms with E-state index in [1.54, 1.807) is 37.2 Å². The number of hydrogen-bond donors (Lipinski definition) is 7. The maximum Gasteiger partial charge on any atom is 0.226 e. The highest BCUT2D eigenvalue weighted by atomic mass is 16.3. The maximum atomic E-state index is 12.0. The van der Waals surface area contributed by atoms with Crippen LogP contribution in [0, 0.1) is 46.3 Å². The first-order valence-electron chi connectivity index (χ1n) is 30.4. The maximum absolute atomic E-state index is 12.0. The molecule has 5 aromatic rings. The average molecular weight is 1190 g/mol. The minimum atomic E-state index is -0.331. The predicted octanol–water partition coefficient (Wildman–Crippen LogP) is 10.8. The van der Waals surface area contributed by atoms with E-state index in [0.29, 0.717) is 100 Å².